The Labute approximate surface area is 214 Å². The second-order valence-corrected chi connectivity index (χ2v) is 10.9. The number of hydrogen-bond donors (Lipinski definition) is 5. The van der Waals surface area contributed by atoms with E-state index in [0.717, 1.165) is 37.1 Å². The van der Waals surface area contributed by atoms with Crippen LogP contribution < -0.4 is 5.73 Å². The number of fused-ring (bicyclic) bond motifs is 3. The summed E-state index contributed by atoms with van der Waals surface area (Å²) in [4.78, 5) is 42.9. The number of nitrogens with two attached hydrogens (primary N) is 1. The van der Waals surface area contributed by atoms with Crippen LogP contribution in [-0.4, -0.2) is 86.5 Å². The number of ketones is 2. The van der Waals surface area contributed by atoms with Crippen molar-refractivity contribution in [3.63, 3.8) is 0 Å². The van der Waals surface area contributed by atoms with Crippen molar-refractivity contribution in [2.75, 3.05) is 27.2 Å². The first-order valence-electron chi connectivity index (χ1n) is 12.7. The number of phenols is 1. The summed E-state index contributed by atoms with van der Waals surface area (Å²) in [5, 5.41) is 44.6. The van der Waals surface area contributed by atoms with Crippen molar-refractivity contribution < 1.29 is 34.8 Å². The average Bonchev–Trinajstić information content (AvgIpc) is 2.83. The molecule has 0 unspecified atom stereocenters. The summed E-state index contributed by atoms with van der Waals surface area (Å²) < 4.78 is 0. The molecule has 1 amide bonds. The largest absolute Gasteiger partial charge is 0.508 e. The summed E-state index contributed by atoms with van der Waals surface area (Å²) >= 11 is 0. The number of carbonyl (C=O) groups is 3. The van der Waals surface area contributed by atoms with Crippen LogP contribution in [0.15, 0.2) is 29.0 Å². The molecule has 37 heavy (non-hydrogen) atoms. The van der Waals surface area contributed by atoms with E-state index in [9.17, 15) is 34.8 Å². The fourth-order valence-corrected chi connectivity index (χ4v) is 6.81. The van der Waals surface area contributed by atoms with Crippen molar-refractivity contribution in [1.29, 1.82) is 0 Å². The Bertz CT molecular complexity index is 1260. The Morgan fingerprint density at radius 3 is 2.43 bits per heavy atom. The predicted octanol–water partition coefficient (Wildman–Crippen LogP) is 0.950. The molecule has 1 aromatic carbocycles. The topological polar surface area (TPSA) is 165 Å². The van der Waals surface area contributed by atoms with Gasteiger partial charge in [-0.25, -0.2) is 0 Å². The highest BCUT2D eigenvalue weighted by Crippen LogP contribution is 2.53. The van der Waals surface area contributed by atoms with E-state index in [1.54, 1.807) is 14.1 Å². The van der Waals surface area contributed by atoms with Crippen LogP contribution in [0, 0.1) is 11.8 Å². The number of Topliss-reactive ketones (excluding diaryl/α,β-unsaturated/α-hetero) is 2. The maximum atomic E-state index is 13.9. The zero-order valence-corrected chi connectivity index (χ0v) is 21.0. The van der Waals surface area contributed by atoms with Gasteiger partial charge in [0, 0.05) is 18.0 Å². The minimum atomic E-state index is -2.62. The van der Waals surface area contributed by atoms with E-state index in [0.29, 0.717) is 13.0 Å². The van der Waals surface area contributed by atoms with E-state index in [1.165, 1.54) is 17.4 Å². The van der Waals surface area contributed by atoms with Crippen molar-refractivity contribution >= 4 is 23.2 Å². The summed E-state index contributed by atoms with van der Waals surface area (Å²) in [6, 6.07) is 2.24. The van der Waals surface area contributed by atoms with Gasteiger partial charge >= 0.3 is 0 Å². The molecule has 5 rings (SSSR count). The maximum Gasteiger partial charge on any atom is 0.255 e. The maximum absolute atomic E-state index is 13.9. The molecule has 0 bridgehead atoms. The molecule has 0 aromatic heterocycles. The molecule has 10 nitrogen and oxygen atoms in total. The third-order valence-electron chi connectivity index (χ3n) is 8.54. The number of rotatable bonds is 4. The van der Waals surface area contributed by atoms with E-state index in [2.05, 4.69) is 4.90 Å². The lowest BCUT2D eigenvalue weighted by Gasteiger charge is -2.50. The molecule has 1 heterocycles. The number of primary amides is 1. The smallest absolute Gasteiger partial charge is 0.255 e. The number of amides is 1. The zero-order chi connectivity index (χ0) is 26.8. The summed E-state index contributed by atoms with van der Waals surface area (Å²) in [6.07, 6.45) is 3.81. The van der Waals surface area contributed by atoms with Crippen LogP contribution >= 0.6 is 0 Å². The van der Waals surface area contributed by atoms with Gasteiger partial charge in [0.05, 0.1) is 11.6 Å². The standard InChI is InChI=1S/C27H33N3O7/c1-29(2)21-16-11-14-10-15-13(12-30-8-4-3-5-9-30)6-7-17(31)19(15)22(32)18(14)24(34)27(16,37)25(35)20(23(21)33)26(28)36/h6-7,14,16,21,31-32,35,37H,3-5,8-12H2,1-2H3,(H2,28,36)/t14-,16-,21-,27-/m1/s1. The summed E-state index contributed by atoms with van der Waals surface area (Å²) in [7, 11) is 3.17. The first kappa shape index (κ1) is 25.4. The van der Waals surface area contributed by atoms with Crippen LogP contribution in [0.1, 0.15) is 42.4 Å². The molecule has 3 aliphatic carbocycles. The Morgan fingerprint density at radius 2 is 1.81 bits per heavy atom. The van der Waals surface area contributed by atoms with Crippen molar-refractivity contribution in [2.45, 2.75) is 50.3 Å². The second kappa shape index (κ2) is 8.97. The van der Waals surface area contributed by atoms with Crippen molar-refractivity contribution in [1.82, 2.24) is 9.80 Å². The molecular formula is C27H33N3O7. The van der Waals surface area contributed by atoms with Crippen LogP contribution in [-0.2, 0) is 27.3 Å². The van der Waals surface area contributed by atoms with Crippen molar-refractivity contribution in [3.8, 4) is 5.75 Å². The number of phenolic OH excluding ortho intramolecular Hbond substituents is 1. The number of carbonyl (C=O) groups excluding carboxylic acids is 3. The molecule has 1 saturated carbocycles. The molecule has 10 heteroatoms. The Balaban J connectivity index is 1.65. The van der Waals surface area contributed by atoms with Crippen LogP contribution in [0.3, 0.4) is 0 Å². The normalized spacial score (nSPS) is 30.3. The number of aliphatic hydroxyl groups is 3. The van der Waals surface area contributed by atoms with Crippen LogP contribution in [0.5, 0.6) is 5.75 Å². The number of piperidine rings is 1. The third-order valence-corrected chi connectivity index (χ3v) is 8.54. The number of likely N-dealkylation sites (tertiary alicyclic amines) is 1. The van der Waals surface area contributed by atoms with E-state index in [1.807, 2.05) is 6.07 Å². The second-order valence-electron chi connectivity index (χ2n) is 10.9. The molecule has 198 valence electrons. The number of hydrogen-bond acceptors (Lipinski definition) is 9. The molecule has 1 aromatic rings. The number of aliphatic hydroxyl groups excluding tert-OH is 2. The van der Waals surface area contributed by atoms with Crippen molar-refractivity contribution in [3.05, 3.63) is 45.7 Å². The Hall–Kier alpha value is -3.21. The first-order chi connectivity index (χ1) is 17.5. The monoisotopic (exact) mass is 511 g/mol. The van der Waals surface area contributed by atoms with Gasteiger partial charge in [-0.05, 0) is 76.0 Å². The van der Waals surface area contributed by atoms with Gasteiger partial charge in [-0.1, -0.05) is 12.5 Å². The number of nitrogens with zero attached hydrogens (tertiary/aromatic N) is 2. The Kier molecular flexibility index (Phi) is 6.17. The van der Waals surface area contributed by atoms with Crippen LogP contribution in [0.25, 0.3) is 5.76 Å². The average molecular weight is 512 g/mol. The van der Waals surface area contributed by atoms with Gasteiger partial charge in [0.15, 0.2) is 11.4 Å². The molecule has 1 saturated heterocycles. The van der Waals surface area contributed by atoms with E-state index in [4.69, 9.17) is 5.73 Å². The highest BCUT2D eigenvalue weighted by Gasteiger charge is 2.64. The lowest BCUT2D eigenvalue weighted by Crippen LogP contribution is -2.65. The molecular weight excluding hydrogens is 478 g/mol. The highest BCUT2D eigenvalue weighted by atomic mass is 16.3. The van der Waals surface area contributed by atoms with Gasteiger partial charge in [-0.3, -0.25) is 24.2 Å². The van der Waals surface area contributed by atoms with Crippen LogP contribution in [0.4, 0.5) is 0 Å². The molecule has 1 aliphatic heterocycles. The fraction of sp³-hybridized carbons (Fsp3) is 0.519. The molecule has 0 spiro atoms. The van der Waals surface area contributed by atoms with Gasteiger partial charge in [0.25, 0.3) is 5.91 Å². The lowest BCUT2D eigenvalue weighted by molar-refractivity contribution is -0.153. The number of aromatic hydroxyl groups is 1. The predicted molar refractivity (Wildman–Crippen MR) is 133 cm³/mol. The molecule has 4 aliphatic rings. The minimum Gasteiger partial charge on any atom is -0.508 e. The van der Waals surface area contributed by atoms with Gasteiger partial charge in [-0.2, -0.15) is 0 Å². The summed E-state index contributed by atoms with van der Waals surface area (Å²) in [5.41, 5.74) is 3.61. The quantitative estimate of drug-likeness (QED) is 0.370. The third kappa shape index (κ3) is 3.69. The Morgan fingerprint density at radius 1 is 1.14 bits per heavy atom. The van der Waals surface area contributed by atoms with Crippen molar-refractivity contribution in [2.24, 2.45) is 17.6 Å². The van der Waals surface area contributed by atoms with Gasteiger partial charge < -0.3 is 26.2 Å². The number of benzene rings is 1. The van der Waals surface area contributed by atoms with E-state index < -0.39 is 58.0 Å². The highest BCUT2D eigenvalue weighted by molar-refractivity contribution is 6.24. The molecule has 4 atom stereocenters. The van der Waals surface area contributed by atoms with Gasteiger partial charge in [0.2, 0.25) is 5.78 Å². The molecule has 2 fully saturated rings. The van der Waals surface area contributed by atoms with E-state index >= 15 is 0 Å². The molecule has 0 radical (unpaired) electrons. The van der Waals surface area contributed by atoms with Gasteiger partial charge in [0.1, 0.15) is 22.8 Å². The SMILES string of the molecule is CN(C)[C@H]1C(=O)C(C(N)=O)=C(O)[C@]2(O)C(=O)C3=C(O)c4c(O)ccc(CN5CCCCC5)c4C[C@@H]3C[C@H]12. The van der Waals surface area contributed by atoms with E-state index in [-0.39, 0.29) is 23.3 Å². The minimum absolute atomic E-state index is 0.0879. The fourth-order valence-electron chi connectivity index (χ4n) is 6.81. The summed E-state index contributed by atoms with van der Waals surface area (Å²) in [6.45, 7) is 2.56. The zero-order valence-electron chi connectivity index (χ0n) is 21.0. The van der Waals surface area contributed by atoms with Crippen LogP contribution in [0.2, 0.25) is 0 Å². The number of likely N-dealkylation sites (N-methyl/N-ethyl adjacent to an activating group) is 1. The summed E-state index contributed by atoms with van der Waals surface area (Å²) in [5.74, 6) is -6.35. The lowest BCUT2D eigenvalue weighted by atomic mass is 9.57. The first-order valence-corrected chi connectivity index (χ1v) is 12.7. The molecule has 6 N–H and O–H groups in total. The van der Waals surface area contributed by atoms with Gasteiger partial charge in [-0.15, -0.1) is 0 Å².